The summed E-state index contributed by atoms with van der Waals surface area (Å²) in [6.07, 6.45) is -1.07. The van der Waals surface area contributed by atoms with E-state index in [0.29, 0.717) is 16.1 Å². The zero-order chi connectivity index (χ0) is 20.1. The zero-order valence-electron chi connectivity index (χ0n) is 14.7. The molecule has 142 valence electrons. The summed E-state index contributed by atoms with van der Waals surface area (Å²) in [5.41, 5.74) is 1.19. The van der Waals surface area contributed by atoms with E-state index in [2.05, 4.69) is 5.32 Å². The predicted molar refractivity (Wildman–Crippen MR) is 105 cm³/mol. The summed E-state index contributed by atoms with van der Waals surface area (Å²) in [5, 5.41) is 13.3. The Hall–Kier alpha value is -3.02. The van der Waals surface area contributed by atoms with Gasteiger partial charge in [0.2, 0.25) is 0 Å². The lowest BCUT2D eigenvalue weighted by Gasteiger charge is -2.14. The maximum absolute atomic E-state index is 13.3. The fraction of sp³-hybridized carbons (Fsp3) is 0.0909. The van der Waals surface area contributed by atoms with E-state index in [0.717, 1.165) is 0 Å². The number of carbonyl (C=O) groups excluding carboxylic acids is 2. The molecule has 3 rings (SSSR count). The van der Waals surface area contributed by atoms with Gasteiger partial charge in [0.15, 0.2) is 5.78 Å². The molecule has 4 nitrogen and oxygen atoms in total. The number of halogens is 2. The van der Waals surface area contributed by atoms with Crippen molar-refractivity contribution in [2.24, 2.45) is 0 Å². The van der Waals surface area contributed by atoms with E-state index in [4.69, 9.17) is 11.6 Å². The molecule has 3 aromatic carbocycles. The minimum atomic E-state index is -1.07. The van der Waals surface area contributed by atoms with Crippen LogP contribution in [0.25, 0.3) is 0 Å². The average molecular weight is 398 g/mol. The molecule has 0 fully saturated rings. The van der Waals surface area contributed by atoms with Crippen LogP contribution in [-0.2, 0) is 0 Å². The van der Waals surface area contributed by atoms with Crippen LogP contribution in [0.1, 0.15) is 37.9 Å². The van der Waals surface area contributed by atoms with Crippen LogP contribution in [0.5, 0.6) is 0 Å². The smallest absolute Gasteiger partial charge is 0.252 e. The second-order valence-electron chi connectivity index (χ2n) is 6.16. The molecule has 1 atom stereocenters. The first kappa shape index (κ1) is 19.7. The van der Waals surface area contributed by atoms with Crippen LogP contribution in [0.4, 0.5) is 4.39 Å². The normalized spacial score (nSPS) is 11.7. The van der Waals surface area contributed by atoms with Crippen molar-refractivity contribution in [1.82, 2.24) is 5.32 Å². The summed E-state index contributed by atoms with van der Waals surface area (Å²) < 4.78 is 13.3. The van der Waals surface area contributed by atoms with E-state index in [1.807, 2.05) is 0 Å². The first-order chi connectivity index (χ1) is 13.5. The van der Waals surface area contributed by atoms with Gasteiger partial charge < -0.3 is 10.4 Å². The minimum Gasteiger partial charge on any atom is -0.387 e. The number of aliphatic hydroxyl groups is 1. The zero-order valence-corrected chi connectivity index (χ0v) is 15.5. The summed E-state index contributed by atoms with van der Waals surface area (Å²) in [6, 6.07) is 18.3. The van der Waals surface area contributed by atoms with Crippen LogP contribution in [0, 0.1) is 5.82 Å². The Balaban J connectivity index is 1.75. The van der Waals surface area contributed by atoms with Gasteiger partial charge in [-0.2, -0.15) is 0 Å². The Kier molecular flexibility index (Phi) is 6.19. The van der Waals surface area contributed by atoms with Gasteiger partial charge in [0.1, 0.15) is 5.82 Å². The second-order valence-corrected chi connectivity index (χ2v) is 6.60. The van der Waals surface area contributed by atoms with E-state index in [1.165, 1.54) is 24.3 Å². The van der Waals surface area contributed by atoms with E-state index in [1.54, 1.807) is 48.5 Å². The number of hydrogen-bond acceptors (Lipinski definition) is 3. The third kappa shape index (κ3) is 4.63. The lowest BCUT2D eigenvalue weighted by atomic mass is 9.98. The molecule has 2 N–H and O–H groups in total. The molecule has 0 radical (unpaired) electrons. The maximum Gasteiger partial charge on any atom is 0.252 e. The molecule has 0 aliphatic heterocycles. The van der Waals surface area contributed by atoms with Gasteiger partial charge in [0, 0.05) is 22.7 Å². The number of rotatable bonds is 6. The molecule has 0 aliphatic rings. The van der Waals surface area contributed by atoms with Crippen molar-refractivity contribution < 1.29 is 19.1 Å². The van der Waals surface area contributed by atoms with Crippen LogP contribution in [0.3, 0.4) is 0 Å². The van der Waals surface area contributed by atoms with Crippen molar-refractivity contribution in [3.63, 3.8) is 0 Å². The summed E-state index contributed by atoms with van der Waals surface area (Å²) >= 11 is 5.85. The van der Waals surface area contributed by atoms with Gasteiger partial charge in [-0.1, -0.05) is 41.9 Å². The number of carbonyl (C=O) groups is 2. The molecule has 0 saturated heterocycles. The van der Waals surface area contributed by atoms with E-state index in [9.17, 15) is 19.1 Å². The summed E-state index contributed by atoms with van der Waals surface area (Å²) in [4.78, 5) is 25.4. The standard InChI is InChI=1S/C22H17ClFNO3/c23-16-10-8-14(9-11-16)21(27)18-6-1-2-7-19(18)22(28)25-13-20(26)15-4-3-5-17(24)12-15/h1-12,20,26H,13H2,(H,25,28). The monoisotopic (exact) mass is 397 g/mol. The van der Waals surface area contributed by atoms with Gasteiger partial charge in [-0.25, -0.2) is 4.39 Å². The number of hydrogen-bond donors (Lipinski definition) is 2. The lowest BCUT2D eigenvalue weighted by molar-refractivity contribution is 0.0908. The number of amides is 1. The van der Waals surface area contributed by atoms with E-state index < -0.39 is 17.8 Å². The van der Waals surface area contributed by atoms with Crippen molar-refractivity contribution in [3.05, 3.63) is 106 Å². The SMILES string of the molecule is O=C(NCC(O)c1cccc(F)c1)c1ccccc1C(=O)c1ccc(Cl)cc1. The molecule has 0 saturated carbocycles. The highest BCUT2D eigenvalue weighted by atomic mass is 35.5. The molecule has 0 bridgehead atoms. The van der Waals surface area contributed by atoms with Crippen LogP contribution in [-0.4, -0.2) is 23.3 Å². The van der Waals surface area contributed by atoms with Crippen molar-refractivity contribution in [3.8, 4) is 0 Å². The van der Waals surface area contributed by atoms with Gasteiger partial charge in [0.05, 0.1) is 11.7 Å². The molecular weight excluding hydrogens is 381 g/mol. The van der Waals surface area contributed by atoms with Crippen LogP contribution < -0.4 is 5.32 Å². The largest absolute Gasteiger partial charge is 0.387 e. The Labute approximate surface area is 166 Å². The van der Waals surface area contributed by atoms with Gasteiger partial charge in [-0.3, -0.25) is 9.59 Å². The number of ketones is 1. The fourth-order valence-corrected chi connectivity index (χ4v) is 2.88. The van der Waals surface area contributed by atoms with Gasteiger partial charge >= 0.3 is 0 Å². The predicted octanol–water partition coefficient (Wildman–Crippen LogP) is 4.17. The van der Waals surface area contributed by atoms with Crippen molar-refractivity contribution >= 4 is 23.3 Å². The van der Waals surface area contributed by atoms with Crippen LogP contribution >= 0.6 is 11.6 Å². The highest BCUT2D eigenvalue weighted by Gasteiger charge is 2.19. The highest BCUT2D eigenvalue weighted by Crippen LogP contribution is 2.18. The Morgan fingerprint density at radius 3 is 2.32 bits per heavy atom. The Bertz CT molecular complexity index is 1000. The van der Waals surface area contributed by atoms with Gasteiger partial charge in [-0.15, -0.1) is 0 Å². The molecule has 0 spiro atoms. The summed E-state index contributed by atoms with van der Waals surface area (Å²) in [7, 11) is 0. The van der Waals surface area contributed by atoms with Crippen LogP contribution in [0.2, 0.25) is 5.02 Å². The Morgan fingerprint density at radius 1 is 0.964 bits per heavy atom. The summed E-state index contributed by atoms with van der Waals surface area (Å²) in [6.45, 7) is -0.119. The molecule has 0 aliphatic carbocycles. The number of benzene rings is 3. The minimum absolute atomic E-state index is 0.119. The second kappa shape index (κ2) is 8.78. The Morgan fingerprint density at radius 2 is 1.64 bits per heavy atom. The maximum atomic E-state index is 13.3. The van der Waals surface area contributed by atoms with Crippen molar-refractivity contribution in [1.29, 1.82) is 0 Å². The molecule has 1 unspecified atom stereocenters. The first-order valence-electron chi connectivity index (χ1n) is 8.56. The molecular formula is C22H17ClFNO3. The topological polar surface area (TPSA) is 66.4 Å². The van der Waals surface area contributed by atoms with Gasteiger partial charge in [0.25, 0.3) is 5.91 Å². The fourth-order valence-electron chi connectivity index (χ4n) is 2.75. The lowest BCUT2D eigenvalue weighted by Crippen LogP contribution is -2.29. The van der Waals surface area contributed by atoms with E-state index in [-0.39, 0.29) is 23.5 Å². The van der Waals surface area contributed by atoms with Gasteiger partial charge in [-0.05, 0) is 48.0 Å². The van der Waals surface area contributed by atoms with Crippen LogP contribution in [0.15, 0.2) is 72.8 Å². The first-order valence-corrected chi connectivity index (χ1v) is 8.94. The quantitative estimate of drug-likeness (QED) is 0.613. The summed E-state index contributed by atoms with van der Waals surface area (Å²) in [5.74, 6) is -1.29. The number of nitrogens with one attached hydrogen (secondary N) is 1. The van der Waals surface area contributed by atoms with Crippen molar-refractivity contribution in [2.45, 2.75) is 6.10 Å². The van der Waals surface area contributed by atoms with E-state index >= 15 is 0 Å². The van der Waals surface area contributed by atoms with Crippen molar-refractivity contribution in [2.75, 3.05) is 6.54 Å². The average Bonchev–Trinajstić information content (AvgIpc) is 2.71. The molecule has 0 heterocycles. The molecule has 0 aromatic heterocycles. The molecule has 6 heteroatoms. The molecule has 1 amide bonds. The number of aliphatic hydroxyl groups excluding tert-OH is 1. The highest BCUT2D eigenvalue weighted by molar-refractivity contribution is 6.30. The third-order valence-electron chi connectivity index (χ3n) is 4.21. The molecule has 3 aromatic rings. The molecule has 28 heavy (non-hydrogen) atoms. The third-order valence-corrected chi connectivity index (χ3v) is 4.46.